The molecule has 0 atom stereocenters. The Kier molecular flexibility index (Phi) is 3.11. The molecule has 0 aromatic carbocycles. The van der Waals surface area contributed by atoms with Crippen LogP contribution < -0.4 is 0 Å². The Morgan fingerprint density at radius 1 is 1.55 bits per heavy atom. The highest BCUT2D eigenvalue weighted by Crippen LogP contribution is 2.06. The third-order valence-electron chi connectivity index (χ3n) is 1.15. The Morgan fingerprint density at radius 3 is 2.91 bits per heavy atom. The van der Waals surface area contributed by atoms with Crippen LogP contribution in [0.1, 0.15) is 5.69 Å². The van der Waals surface area contributed by atoms with Crippen LogP contribution in [0.25, 0.3) is 6.08 Å². The molecule has 0 fully saturated rings. The van der Waals surface area contributed by atoms with Gasteiger partial charge in [0, 0.05) is 5.33 Å². The summed E-state index contributed by atoms with van der Waals surface area (Å²) in [4.78, 5) is 3.96. The fourth-order valence-corrected chi connectivity index (χ4v) is 0.848. The van der Waals surface area contributed by atoms with Crippen LogP contribution in [0, 0.1) is 0 Å². The molecule has 0 saturated heterocycles. The molecule has 0 unspecified atom stereocenters. The molecule has 1 aromatic rings. The van der Waals surface area contributed by atoms with E-state index in [2.05, 4.69) is 20.9 Å². The monoisotopic (exact) mass is 213 g/mol. The smallest absolute Gasteiger partial charge is 0.133 e. The van der Waals surface area contributed by atoms with Crippen LogP contribution in [0.3, 0.4) is 0 Å². The van der Waals surface area contributed by atoms with Crippen molar-refractivity contribution in [2.24, 2.45) is 0 Å². The first-order chi connectivity index (χ1) is 5.33. The van der Waals surface area contributed by atoms with Gasteiger partial charge in [0.15, 0.2) is 0 Å². The van der Waals surface area contributed by atoms with Gasteiger partial charge in [0.2, 0.25) is 0 Å². The summed E-state index contributed by atoms with van der Waals surface area (Å²) < 4.78 is 0. The fourth-order valence-electron chi connectivity index (χ4n) is 0.661. The van der Waals surface area contributed by atoms with Gasteiger partial charge in [-0.1, -0.05) is 22.0 Å². The number of aromatic nitrogens is 1. The number of nitrogens with zero attached hydrogens (tertiary/aromatic N) is 1. The molecule has 0 aliphatic carbocycles. The third-order valence-corrected chi connectivity index (χ3v) is 1.52. The zero-order valence-electron chi connectivity index (χ0n) is 5.87. The highest BCUT2D eigenvalue weighted by Gasteiger charge is 1.87. The van der Waals surface area contributed by atoms with Crippen molar-refractivity contribution in [3.63, 3.8) is 0 Å². The Morgan fingerprint density at radius 2 is 2.36 bits per heavy atom. The lowest BCUT2D eigenvalue weighted by Crippen LogP contribution is -1.77. The minimum absolute atomic E-state index is 0.195. The second-order valence-corrected chi connectivity index (χ2v) is 2.65. The van der Waals surface area contributed by atoms with E-state index in [0.717, 1.165) is 11.0 Å². The molecule has 2 nitrogen and oxygen atoms in total. The predicted octanol–water partition coefficient (Wildman–Crippen LogP) is 2.20. The SMILES string of the molecule is Oc1ccc(C=CCBr)nc1. The van der Waals surface area contributed by atoms with Crippen molar-refractivity contribution in [2.45, 2.75) is 0 Å². The summed E-state index contributed by atoms with van der Waals surface area (Å²) in [6, 6.07) is 3.37. The maximum atomic E-state index is 8.89. The average molecular weight is 214 g/mol. The molecule has 0 radical (unpaired) electrons. The fraction of sp³-hybridized carbons (Fsp3) is 0.125. The second-order valence-electron chi connectivity index (χ2n) is 2.00. The number of aromatic hydroxyl groups is 1. The Balaban J connectivity index is 2.73. The Bertz CT molecular complexity index is 243. The van der Waals surface area contributed by atoms with E-state index in [1.165, 1.54) is 6.20 Å². The number of pyridine rings is 1. The lowest BCUT2D eigenvalue weighted by atomic mass is 10.3. The first kappa shape index (κ1) is 8.27. The number of hydrogen-bond acceptors (Lipinski definition) is 2. The van der Waals surface area contributed by atoms with Gasteiger partial charge in [0.05, 0.1) is 11.9 Å². The Hall–Kier alpha value is -0.830. The average Bonchev–Trinajstić information content (AvgIpc) is 2.04. The predicted molar refractivity (Wildman–Crippen MR) is 48.7 cm³/mol. The van der Waals surface area contributed by atoms with Gasteiger partial charge >= 0.3 is 0 Å². The lowest BCUT2D eigenvalue weighted by molar-refractivity contribution is 0.472. The van der Waals surface area contributed by atoms with Crippen molar-refractivity contribution in [1.29, 1.82) is 0 Å². The van der Waals surface area contributed by atoms with Gasteiger partial charge in [-0.2, -0.15) is 0 Å². The lowest BCUT2D eigenvalue weighted by Gasteiger charge is -1.91. The van der Waals surface area contributed by atoms with E-state index < -0.39 is 0 Å². The van der Waals surface area contributed by atoms with E-state index >= 15 is 0 Å². The number of halogens is 1. The van der Waals surface area contributed by atoms with Gasteiger partial charge in [0.1, 0.15) is 5.75 Å². The highest BCUT2D eigenvalue weighted by molar-refractivity contribution is 9.09. The first-order valence-electron chi connectivity index (χ1n) is 3.20. The van der Waals surface area contributed by atoms with E-state index in [1.54, 1.807) is 12.1 Å². The minimum atomic E-state index is 0.195. The molecule has 0 aliphatic rings. The molecular formula is C8H8BrNO. The van der Waals surface area contributed by atoms with Crippen LogP contribution >= 0.6 is 15.9 Å². The van der Waals surface area contributed by atoms with Gasteiger partial charge in [0.25, 0.3) is 0 Å². The molecule has 0 spiro atoms. The van der Waals surface area contributed by atoms with Crippen molar-refractivity contribution in [3.8, 4) is 5.75 Å². The normalized spacial score (nSPS) is 10.6. The topological polar surface area (TPSA) is 33.1 Å². The summed E-state index contributed by atoms with van der Waals surface area (Å²) in [5, 5.41) is 9.70. The largest absolute Gasteiger partial charge is 0.506 e. The summed E-state index contributed by atoms with van der Waals surface area (Å²) in [7, 11) is 0. The van der Waals surface area contributed by atoms with Gasteiger partial charge < -0.3 is 5.11 Å². The number of alkyl halides is 1. The molecule has 1 aromatic heterocycles. The van der Waals surface area contributed by atoms with E-state index in [0.29, 0.717) is 0 Å². The summed E-state index contributed by atoms with van der Waals surface area (Å²) in [5.41, 5.74) is 0.849. The minimum Gasteiger partial charge on any atom is -0.506 e. The molecule has 3 heteroatoms. The molecule has 0 saturated carbocycles. The van der Waals surface area contributed by atoms with Crippen molar-refractivity contribution in [2.75, 3.05) is 5.33 Å². The van der Waals surface area contributed by atoms with Crippen LogP contribution in [0.5, 0.6) is 5.75 Å². The van der Waals surface area contributed by atoms with Crippen molar-refractivity contribution >= 4 is 22.0 Å². The number of allylic oxidation sites excluding steroid dienone is 1. The molecule has 1 rings (SSSR count). The number of rotatable bonds is 2. The molecule has 0 aliphatic heterocycles. The van der Waals surface area contributed by atoms with Crippen LogP contribution in [0.4, 0.5) is 0 Å². The zero-order chi connectivity index (χ0) is 8.10. The summed E-state index contributed by atoms with van der Waals surface area (Å²) in [6.45, 7) is 0. The van der Waals surface area contributed by atoms with Crippen LogP contribution in [0.2, 0.25) is 0 Å². The van der Waals surface area contributed by atoms with Gasteiger partial charge in [-0.3, -0.25) is 4.98 Å². The van der Waals surface area contributed by atoms with Crippen LogP contribution in [0.15, 0.2) is 24.4 Å². The van der Waals surface area contributed by atoms with Crippen molar-refractivity contribution in [1.82, 2.24) is 4.98 Å². The molecule has 0 amide bonds. The molecule has 0 bridgehead atoms. The van der Waals surface area contributed by atoms with E-state index in [-0.39, 0.29) is 5.75 Å². The molecule has 11 heavy (non-hydrogen) atoms. The molecule has 1 heterocycles. The summed E-state index contributed by atoms with van der Waals surface area (Å²) in [5.74, 6) is 0.195. The van der Waals surface area contributed by atoms with Crippen LogP contribution in [-0.2, 0) is 0 Å². The Labute approximate surface area is 73.7 Å². The molecular weight excluding hydrogens is 206 g/mol. The third kappa shape index (κ3) is 2.72. The van der Waals surface area contributed by atoms with Gasteiger partial charge in [-0.15, -0.1) is 0 Å². The van der Waals surface area contributed by atoms with Crippen LogP contribution in [-0.4, -0.2) is 15.4 Å². The summed E-state index contributed by atoms with van der Waals surface area (Å²) >= 11 is 3.26. The van der Waals surface area contributed by atoms with Gasteiger partial charge in [-0.05, 0) is 18.2 Å². The van der Waals surface area contributed by atoms with E-state index in [9.17, 15) is 0 Å². The highest BCUT2D eigenvalue weighted by atomic mass is 79.9. The number of hydrogen-bond donors (Lipinski definition) is 1. The summed E-state index contributed by atoms with van der Waals surface area (Å²) in [6.07, 6.45) is 5.25. The maximum absolute atomic E-state index is 8.89. The van der Waals surface area contributed by atoms with Crippen molar-refractivity contribution < 1.29 is 5.11 Å². The van der Waals surface area contributed by atoms with Gasteiger partial charge in [-0.25, -0.2) is 0 Å². The zero-order valence-corrected chi connectivity index (χ0v) is 7.45. The second kappa shape index (κ2) is 4.13. The molecule has 58 valence electrons. The quantitative estimate of drug-likeness (QED) is 0.765. The van der Waals surface area contributed by atoms with Crippen molar-refractivity contribution in [3.05, 3.63) is 30.1 Å². The molecule has 1 N–H and O–H groups in total. The van der Waals surface area contributed by atoms with E-state index in [1.807, 2.05) is 12.2 Å². The van der Waals surface area contributed by atoms with E-state index in [4.69, 9.17) is 5.11 Å². The first-order valence-corrected chi connectivity index (χ1v) is 4.32. The maximum Gasteiger partial charge on any atom is 0.133 e. The standard InChI is InChI=1S/C8H8BrNO/c9-5-1-2-7-3-4-8(11)6-10-7/h1-4,6,11H,5H2.